The Morgan fingerprint density at radius 1 is 1.33 bits per heavy atom. The summed E-state index contributed by atoms with van der Waals surface area (Å²) in [5.74, 6) is -0.155. The Bertz CT molecular complexity index is 442. The average molecular weight is 316 g/mol. The van der Waals surface area contributed by atoms with Crippen LogP contribution in [0.3, 0.4) is 0 Å². The fourth-order valence-corrected chi connectivity index (χ4v) is 2.26. The van der Waals surface area contributed by atoms with Crippen LogP contribution >= 0.6 is 15.9 Å². The van der Waals surface area contributed by atoms with Crippen LogP contribution < -0.4 is 5.56 Å². The molecule has 0 saturated heterocycles. The normalized spacial score (nSPS) is 10.3. The van der Waals surface area contributed by atoms with Gasteiger partial charge < -0.3 is 9.72 Å². The van der Waals surface area contributed by atoms with Gasteiger partial charge in [-0.05, 0) is 25.3 Å². The van der Waals surface area contributed by atoms with Crippen LogP contribution in [0, 0.1) is 0 Å². The number of ether oxygens (including phenoxy) is 1. The Hall–Kier alpha value is -1.10. The Morgan fingerprint density at radius 2 is 2.06 bits per heavy atom. The van der Waals surface area contributed by atoms with Crippen LogP contribution in [-0.2, 0) is 16.0 Å². The average Bonchev–Trinajstić information content (AvgIpc) is 2.36. The zero-order valence-electron chi connectivity index (χ0n) is 10.5. The molecular formula is C13H18BrNO3. The highest BCUT2D eigenvalue weighted by Crippen LogP contribution is 2.14. The number of aromatic nitrogens is 1. The Labute approximate surface area is 115 Å². The van der Waals surface area contributed by atoms with Gasteiger partial charge in [-0.3, -0.25) is 9.59 Å². The number of esters is 1. The minimum Gasteiger partial charge on any atom is -0.469 e. The van der Waals surface area contributed by atoms with Crippen molar-refractivity contribution in [3.05, 3.63) is 32.7 Å². The number of methoxy groups -OCH3 is 1. The molecule has 0 aliphatic carbocycles. The molecule has 18 heavy (non-hydrogen) atoms. The van der Waals surface area contributed by atoms with E-state index in [0.29, 0.717) is 6.42 Å². The fraction of sp³-hybridized carbons (Fsp3) is 0.538. The van der Waals surface area contributed by atoms with Crippen LogP contribution in [0.25, 0.3) is 0 Å². The zero-order chi connectivity index (χ0) is 13.4. The number of rotatable bonds is 7. The molecule has 0 atom stereocenters. The second-order valence-electron chi connectivity index (χ2n) is 4.12. The topological polar surface area (TPSA) is 59.2 Å². The Morgan fingerprint density at radius 3 is 2.72 bits per heavy atom. The third-order valence-electron chi connectivity index (χ3n) is 2.79. The number of carbonyl (C=O) groups excluding carboxylic acids is 1. The number of H-pyrrole nitrogens is 1. The highest BCUT2D eigenvalue weighted by atomic mass is 79.9. The van der Waals surface area contributed by atoms with Gasteiger partial charge >= 0.3 is 5.97 Å². The molecule has 0 spiro atoms. The molecule has 0 aliphatic heterocycles. The maximum Gasteiger partial charge on any atom is 0.305 e. The highest BCUT2D eigenvalue weighted by Gasteiger charge is 2.04. The van der Waals surface area contributed by atoms with E-state index in [4.69, 9.17) is 0 Å². The molecule has 4 nitrogen and oxygen atoms in total. The molecule has 1 heterocycles. The van der Waals surface area contributed by atoms with Gasteiger partial charge in [0.15, 0.2) is 0 Å². The van der Waals surface area contributed by atoms with Gasteiger partial charge in [0.2, 0.25) is 0 Å². The van der Waals surface area contributed by atoms with Crippen LogP contribution in [0.5, 0.6) is 0 Å². The second-order valence-corrected chi connectivity index (χ2v) is 4.98. The van der Waals surface area contributed by atoms with Crippen LogP contribution in [-0.4, -0.2) is 18.1 Å². The van der Waals surface area contributed by atoms with E-state index in [1.807, 2.05) is 6.07 Å². The van der Waals surface area contributed by atoms with E-state index < -0.39 is 0 Å². The summed E-state index contributed by atoms with van der Waals surface area (Å²) in [4.78, 5) is 25.1. The van der Waals surface area contributed by atoms with Gasteiger partial charge in [0.05, 0.1) is 7.11 Å². The van der Waals surface area contributed by atoms with Gasteiger partial charge in [0.1, 0.15) is 0 Å². The maximum atomic E-state index is 11.5. The monoisotopic (exact) mass is 315 g/mol. The molecule has 1 rings (SSSR count). The van der Waals surface area contributed by atoms with Crippen molar-refractivity contribution in [1.29, 1.82) is 0 Å². The summed E-state index contributed by atoms with van der Waals surface area (Å²) in [7, 11) is 1.40. The lowest BCUT2D eigenvalue weighted by Crippen LogP contribution is -2.12. The van der Waals surface area contributed by atoms with Gasteiger partial charge in [0.25, 0.3) is 5.56 Å². The van der Waals surface area contributed by atoms with E-state index in [0.717, 1.165) is 42.1 Å². The molecule has 5 heteroatoms. The fourth-order valence-electron chi connectivity index (χ4n) is 1.75. The molecule has 0 aromatic carbocycles. The number of hydrogen-bond donors (Lipinski definition) is 1. The number of aromatic amines is 1. The van der Waals surface area contributed by atoms with Crippen molar-refractivity contribution in [2.75, 3.05) is 7.11 Å². The van der Waals surface area contributed by atoms with Crippen molar-refractivity contribution in [2.45, 2.75) is 38.5 Å². The van der Waals surface area contributed by atoms with Crippen molar-refractivity contribution in [3.8, 4) is 0 Å². The number of nitrogens with one attached hydrogen (secondary N) is 1. The highest BCUT2D eigenvalue weighted by molar-refractivity contribution is 9.10. The summed E-state index contributed by atoms with van der Waals surface area (Å²) in [6.45, 7) is 0. The van der Waals surface area contributed by atoms with Crippen molar-refractivity contribution in [1.82, 2.24) is 4.98 Å². The number of unbranched alkanes of at least 4 members (excludes halogenated alkanes) is 3. The van der Waals surface area contributed by atoms with Gasteiger partial charge in [-0.2, -0.15) is 0 Å². The quantitative estimate of drug-likeness (QED) is 0.621. The van der Waals surface area contributed by atoms with E-state index in [2.05, 4.69) is 25.7 Å². The van der Waals surface area contributed by atoms with Crippen LogP contribution in [0.4, 0.5) is 0 Å². The van der Waals surface area contributed by atoms with Crippen molar-refractivity contribution in [2.24, 2.45) is 0 Å². The number of pyridine rings is 1. The summed E-state index contributed by atoms with van der Waals surface area (Å²) in [6.07, 6.45) is 6.66. The van der Waals surface area contributed by atoms with Gasteiger partial charge in [-0.15, -0.1) is 0 Å². The molecule has 1 aromatic rings. The molecule has 0 amide bonds. The number of carbonyl (C=O) groups is 1. The first kappa shape index (κ1) is 15.0. The minimum absolute atomic E-state index is 0.0288. The first-order chi connectivity index (χ1) is 8.65. The summed E-state index contributed by atoms with van der Waals surface area (Å²) >= 11 is 3.38. The lowest BCUT2D eigenvalue weighted by molar-refractivity contribution is -0.140. The molecule has 0 aliphatic rings. The van der Waals surface area contributed by atoms with Crippen molar-refractivity contribution in [3.63, 3.8) is 0 Å². The Balaban J connectivity index is 2.22. The van der Waals surface area contributed by atoms with Crippen LogP contribution in [0.2, 0.25) is 0 Å². The molecule has 100 valence electrons. The summed E-state index contributed by atoms with van der Waals surface area (Å²) in [5, 5.41) is 0. The molecule has 1 N–H and O–H groups in total. The van der Waals surface area contributed by atoms with E-state index in [-0.39, 0.29) is 11.5 Å². The smallest absolute Gasteiger partial charge is 0.305 e. The second kappa shape index (κ2) is 8.08. The summed E-state index contributed by atoms with van der Waals surface area (Å²) < 4.78 is 5.43. The molecule has 0 fully saturated rings. The molecule has 0 bridgehead atoms. The Kier molecular flexibility index (Phi) is 6.72. The number of halogens is 1. The first-order valence-corrected chi connectivity index (χ1v) is 6.87. The van der Waals surface area contributed by atoms with E-state index in [1.165, 1.54) is 7.11 Å². The third kappa shape index (κ3) is 5.04. The van der Waals surface area contributed by atoms with Crippen molar-refractivity contribution < 1.29 is 9.53 Å². The van der Waals surface area contributed by atoms with E-state index in [9.17, 15) is 9.59 Å². The molecular weight excluding hydrogens is 298 g/mol. The lowest BCUT2D eigenvalue weighted by atomic mass is 10.1. The predicted octanol–water partition coefficient (Wildman–Crippen LogP) is 2.80. The summed E-state index contributed by atoms with van der Waals surface area (Å²) in [6, 6.07) is 1.84. The van der Waals surface area contributed by atoms with E-state index >= 15 is 0 Å². The van der Waals surface area contributed by atoms with Crippen LogP contribution in [0.15, 0.2) is 21.5 Å². The number of hydrogen-bond acceptors (Lipinski definition) is 3. The first-order valence-electron chi connectivity index (χ1n) is 6.08. The van der Waals surface area contributed by atoms with Crippen LogP contribution in [0.1, 0.15) is 37.7 Å². The molecule has 0 saturated carbocycles. The zero-order valence-corrected chi connectivity index (χ0v) is 12.1. The maximum absolute atomic E-state index is 11.5. The molecule has 0 unspecified atom stereocenters. The van der Waals surface area contributed by atoms with Gasteiger partial charge in [-0.25, -0.2) is 0 Å². The van der Waals surface area contributed by atoms with Gasteiger partial charge in [0, 0.05) is 22.7 Å². The van der Waals surface area contributed by atoms with E-state index in [1.54, 1.807) is 6.20 Å². The minimum atomic E-state index is -0.155. The molecule has 1 aromatic heterocycles. The lowest BCUT2D eigenvalue weighted by Gasteiger charge is -2.03. The standard InChI is InChI=1S/C13H18BrNO3/c1-18-12(16)7-5-3-2-4-6-10-11(14)8-9-15-13(10)17/h8-9H,2-7H2,1H3,(H,15,17). The largest absolute Gasteiger partial charge is 0.469 e. The summed E-state index contributed by atoms with van der Waals surface area (Å²) in [5.41, 5.74) is 0.768. The molecule has 0 radical (unpaired) electrons. The third-order valence-corrected chi connectivity index (χ3v) is 3.53. The van der Waals surface area contributed by atoms with Gasteiger partial charge in [-0.1, -0.05) is 28.8 Å². The SMILES string of the molecule is COC(=O)CCCCCCc1c(Br)cc[nH]c1=O. The van der Waals surface area contributed by atoms with Crippen molar-refractivity contribution >= 4 is 21.9 Å². The predicted molar refractivity (Wildman–Crippen MR) is 73.6 cm³/mol.